The number of hydrogen-bond donors (Lipinski definition) is 1. The zero-order valence-corrected chi connectivity index (χ0v) is 13.2. The van der Waals surface area contributed by atoms with Crippen molar-refractivity contribution in [2.45, 2.75) is 58.3 Å². The number of ether oxygens (including phenoxy) is 1. The van der Waals surface area contributed by atoms with Gasteiger partial charge in [0.15, 0.2) is 0 Å². The minimum Gasteiger partial charge on any atom is -0.494 e. The highest BCUT2D eigenvalue weighted by Crippen LogP contribution is 2.23. The molecule has 1 N–H and O–H groups in total. The summed E-state index contributed by atoms with van der Waals surface area (Å²) in [6.07, 6.45) is 8.78. The zero-order chi connectivity index (χ0) is 15.3. The van der Waals surface area contributed by atoms with Gasteiger partial charge in [0, 0.05) is 6.42 Å². The van der Waals surface area contributed by atoms with E-state index < -0.39 is 0 Å². The summed E-state index contributed by atoms with van der Waals surface area (Å²) in [4.78, 5) is 16.7. The first kappa shape index (κ1) is 17.3. The van der Waals surface area contributed by atoms with Crippen LogP contribution in [0.3, 0.4) is 0 Å². The SMILES string of the molecule is CCCCCCCCCC(=O)ONc1ccccc1OC. The molecule has 1 aromatic rings. The molecular weight excluding hydrogens is 266 g/mol. The lowest BCUT2D eigenvalue weighted by atomic mass is 10.1. The number of methoxy groups -OCH3 is 1. The van der Waals surface area contributed by atoms with Gasteiger partial charge < -0.3 is 9.57 Å². The third-order valence-corrected chi connectivity index (χ3v) is 3.37. The smallest absolute Gasteiger partial charge is 0.332 e. The van der Waals surface area contributed by atoms with E-state index in [9.17, 15) is 4.79 Å². The summed E-state index contributed by atoms with van der Waals surface area (Å²) in [5.41, 5.74) is 3.32. The quantitative estimate of drug-likeness (QED) is 0.474. The number of nitrogens with one attached hydrogen (secondary N) is 1. The molecule has 0 amide bonds. The lowest BCUT2D eigenvalue weighted by Gasteiger charge is -2.10. The van der Waals surface area contributed by atoms with Gasteiger partial charge in [0.1, 0.15) is 11.4 Å². The summed E-state index contributed by atoms with van der Waals surface area (Å²) in [6.45, 7) is 2.21. The van der Waals surface area contributed by atoms with Gasteiger partial charge in [0.2, 0.25) is 0 Å². The summed E-state index contributed by atoms with van der Waals surface area (Å²) < 4.78 is 5.17. The molecule has 21 heavy (non-hydrogen) atoms. The largest absolute Gasteiger partial charge is 0.494 e. The van der Waals surface area contributed by atoms with E-state index in [1.165, 1.54) is 32.1 Å². The van der Waals surface area contributed by atoms with E-state index in [-0.39, 0.29) is 5.97 Å². The standard InChI is InChI=1S/C17H27NO3/c1-3-4-5-6-7-8-9-14-17(19)21-18-15-12-10-11-13-16(15)20-2/h10-13,18H,3-9,14H2,1-2H3. The summed E-state index contributed by atoms with van der Waals surface area (Å²) in [7, 11) is 1.58. The van der Waals surface area contributed by atoms with Gasteiger partial charge in [-0.25, -0.2) is 10.3 Å². The summed E-state index contributed by atoms with van der Waals surface area (Å²) in [5, 5.41) is 0. The Labute approximate surface area is 127 Å². The van der Waals surface area contributed by atoms with Crippen LogP contribution in [0.4, 0.5) is 5.69 Å². The highest BCUT2D eigenvalue weighted by atomic mass is 16.7. The Morgan fingerprint density at radius 3 is 2.43 bits per heavy atom. The highest BCUT2D eigenvalue weighted by molar-refractivity contribution is 5.71. The minimum atomic E-state index is -0.227. The van der Waals surface area contributed by atoms with E-state index in [4.69, 9.17) is 9.57 Å². The van der Waals surface area contributed by atoms with Crippen molar-refractivity contribution < 1.29 is 14.4 Å². The van der Waals surface area contributed by atoms with Crippen LogP contribution in [0.25, 0.3) is 0 Å². The van der Waals surface area contributed by atoms with Crippen LogP contribution in [0, 0.1) is 0 Å². The van der Waals surface area contributed by atoms with Crippen molar-refractivity contribution in [3.05, 3.63) is 24.3 Å². The minimum absolute atomic E-state index is 0.227. The highest BCUT2D eigenvalue weighted by Gasteiger charge is 2.06. The van der Waals surface area contributed by atoms with E-state index in [1.54, 1.807) is 13.2 Å². The normalized spacial score (nSPS) is 10.2. The van der Waals surface area contributed by atoms with Crippen molar-refractivity contribution in [2.75, 3.05) is 12.6 Å². The maximum Gasteiger partial charge on any atom is 0.332 e. The second-order valence-corrected chi connectivity index (χ2v) is 5.15. The lowest BCUT2D eigenvalue weighted by Crippen LogP contribution is -2.10. The summed E-state index contributed by atoms with van der Waals surface area (Å²) in [6, 6.07) is 7.34. The molecule has 0 aliphatic rings. The Balaban J connectivity index is 2.11. The van der Waals surface area contributed by atoms with Gasteiger partial charge in [0.25, 0.3) is 0 Å². The topological polar surface area (TPSA) is 47.6 Å². The maximum absolute atomic E-state index is 11.6. The average molecular weight is 293 g/mol. The zero-order valence-electron chi connectivity index (χ0n) is 13.2. The number of unbranched alkanes of at least 4 members (excludes halogenated alkanes) is 6. The van der Waals surface area contributed by atoms with E-state index >= 15 is 0 Å². The van der Waals surface area contributed by atoms with E-state index in [1.807, 2.05) is 18.2 Å². The molecule has 0 heterocycles. The van der Waals surface area contributed by atoms with Crippen molar-refractivity contribution in [3.63, 3.8) is 0 Å². The second-order valence-electron chi connectivity index (χ2n) is 5.15. The monoisotopic (exact) mass is 293 g/mol. The lowest BCUT2D eigenvalue weighted by molar-refractivity contribution is -0.140. The van der Waals surface area contributed by atoms with Crippen LogP contribution in [0.2, 0.25) is 0 Å². The molecule has 0 aromatic heterocycles. The van der Waals surface area contributed by atoms with Gasteiger partial charge in [-0.05, 0) is 18.6 Å². The fourth-order valence-corrected chi connectivity index (χ4v) is 2.12. The molecule has 118 valence electrons. The molecule has 4 nitrogen and oxygen atoms in total. The third kappa shape index (κ3) is 7.59. The van der Waals surface area contributed by atoms with Crippen molar-refractivity contribution in [1.29, 1.82) is 0 Å². The molecule has 0 aliphatic carbocycles. The van der Waals surface area contributed by atoms with Gasteiger partial charge in [-0.3, -0.25) is 0 Å². The molecule has 0 saturated carbocycles. The van der Waals surface area contributed by atoms with Gasteiger partial charge in [-0.1, -0.05) is 57.6 Å². The van der Waals surface area contributed by atoms with Crippen LogP contribution in [0.15, 0.2) is 24.3 Å². The van der Waals surface area contributed by atoms with Gasteiger partial charge in [-0.2, -0.15) is 0 Å². The number of carbonyl (C=O) groups is 1. The molecule has 0 aliphatic heterocycles. The molecule has 0 atom stereocenters. The molecule has 0 spiro atoms. The summed E-state index contributed by atoms with van der Waals surface area (Å²) >= 11 is 0. The van der Waals surface area contributed by atoms with Crippen LogP contribution in [-0.2, 0) is 9.63 Å². The van der Waals surface area contributed by atoms with Crippen molar-refractivity contribution in [3.8, 4) is 5.75 Å². The first-order valence-corrected chi connectivity index (χ1v) is 7.86. The molecule has 1 aromatic carbocycles. The molecular formula is C17H27NO3. The number of carbonyl (C=O) groups excluding carboxylic acids is 1. The van der Waals surface area contributed by atoms with E-state index in [2.05, 4.69) is 12.4 Å². The third-order valence-electron chi connectivity index (χ3n) is 3.37. The van der Waals surface area contributed by atoms with E-state index in [0.717, 1.165) is 12.8 Å². The first-order chi connectivity index (χ1) is 10.3. The van der Waals surface area contributed by atoms with Gasteiger partial charge in [0.05, 0.1) is 7.11 Å². The van der Waals surface area contributed by atoms with Gasteiger partial charge >= 0.3 is 5.97 Å². The van der Waals surface area contributed by atoms with E-state index in [0.29, 0.717) is 17.9 Å². The molecule has 0 radical (unpaired) electrons. The molecule has 1 rings (SSSR count). The van der Waals surface area contributed by atoms with Crippen LogP contribution in [-0.4, -0.2) is 13.1 Å². The number of benzene rings is 1. The second kappa shape index (κ2) is 11.0. The predicted octanol–water partition coefficient (Wildman–Crippen LogP) is 4.71. The average Bonchev–Trinajstić information content (AvgIpc) is 2.52. The predicted molar refractivity (Wildman–Crippen MR) is 85.3 cm³/mol. The maximum atomic E-state index is 11.6. The fraction of sp³-hybridized carbons (Fsp3) is 0.588. The Morgan fingerprint density at radius 1 is 1.05 bits per heavy atom. The van der Waals surface area contributed by atoms with Crippen LogP contribution in [0.1, 0.15) is 58.3 Å². The van der Waals surface area contributed by atoms with Crippen LogP contribution < -0.4 is 10.2 Å². The Kier molecular flexibility index (Phi) is 9.09. The van der Waals surface area contributed by atoms with Crippen molar-refractivity contribution in [2.24, 2.45) is 0 Å². The van der Waals surface area contributed by atoms with Crippen LogP contribution in [0.5, 0.6) is 5.75 Å². The van der Waals surface area contributed by atoms with Crippen molar-refractivity contribution >= 4 is 11.7 Å². The van der Waals surface area contributed by atoms with Gasteiger partial charge in [-0.15, -0.1) is 0 Å². The summed E-state index contributed by atoms with van der Waals surface area (Å²) in [5.74, 6) is 0.427. The molecule has 0 saturated heterocycles. The molecule has 0 unspecified atom stereocenters. The molecule has 0 bridgehead atoms. The molecule has 4 heteroatoms. The number of hydrogen-bond acceptors (Lipinski definition) is 4. The Hall–Kier alpha value is -1.71. The molecule has 0 fully saturated rings. The number of para-hydroxylation sites is 2. The first-order valence-electron chi connectivity index (χ1n) is 7.86. The van der Waals surface area contributed by atoms with Crippen molar-refractivity contribution in [1.82, 2.24) is 0 Å². The fourth-order valence-electron chi connectivity index (χ4n) is 2.12. The Morgan fingerprint density at radius 2 is 1.71 bits per heavy atom. The number of anilines is 1. The van der Waals surface area contributed by atoms with Crippen LogP contribution >= 0.6 is 0 Å². The number of rotatable bonds is 11. The Bertz CT molecular complexity index is 407.